The van der Waals surface area contributed by atoms with Crippen LogP contribution in [0, 0.1) is 16.0 Å². The maximum absolute atomic E-state index is 11.0. The number of non-ortho nitro benzene ring substituents is 1. The van der Waals surface area contributed by atoms with E-state index < -0.39 is 4.92 Å². The fourth-order valence-electron chi connectivity index (χ4n) is 2.68. The first kappa shape index (κ1) is 16.8. The summed E-state index contributed by atoms with van der Waals surface area (Å²) in [5, 5.41) is 14.2. The zero-order valence-electron chi connectivity index (χ0n) is 12.1. The Labute approximate surface area is 138 Å². The number of nitrogens with one attached hydrogen (secondary N) is 1. The summed E-state index contributed by atoms with van der Waals surface area (Å²) in [5.41, 5.74) is 0.506. The Morgan fingerprint density at radius 1 is 1.45 bits per heavy atom. The maximum Gasteiger partial charge on any atom is 0.272 e. The fraction of sp³-hybridized carbons (Fsp3) is 0.500. The van der Waals surface area contributed by atoms with Gasteiger partial charge in [-0.3, -0.25) is 14.9 Å². The van der Waals surface area contributed by atoms with Crippen molar-refractivity contribution < 1.29 is 9.72 Å². The van der Waals surface area contributed by atoms with E-state index in [1.54, 1.807) is 0 Å². The van der Waals surface area contributed by atoms with Gasteiger partial charge in [0.2, 0.25) is 5.91 Å². The van der Waals surface area contributed by atoms with Crippen LogP contribution in [-0.2, 0) is 4.79 Å². The first-order chi connectivity index (χ1) is 10.4. The lowest BCUT2D eigenvalue weighted by Crippen LogP contribution is -2.40. The van der Waals surface area contributed by atoms with E-state index in [0.717, 1.165) is 19.4 Å². The first-order valence-corrected chi connectivity index (χ1v) is 7.77. The van der Waals surface area contributed by atoms with Crippen molar-refractivity contribution in [2.45, 2.75) is 19.8 Å². The minimum atomic E-state index is -0.517. The Bertz CT molecular complexity index is 572. The highest BCUT2D eigenvalue weighted by atomic mass is 35.5. The lowest BCUT2D eigenvalue weighted by molar-refractivity contribution is -0.384. The highest BCUT2D eigenvalue weighted by Gasteiger charge is 2.25. The van der Waals surface area contributed by atoms with E-state index >= 15 is 0 Å². The molecular formula is C14H17Cl2N3O3. The molecule has 0 aliphatic carbocycles. The number of nitrogens with zero attached hydrogens (tertiary/aromatic N) is 2. The number of rotatable bonds is 4. The topological polar surface area (TPSA) is 75.5 Å². The second kappa shape index (κ2) is 7.15. The zero-order valence-corrected chi connectivity index (χ0v) is 13.7. The summed E-state index contributed by atoms with van der Waals surface area (Å²) in [7, 11) is 0. The summed E-state index contributed by atoms with van der Waals surface area (Å²) in [6.45, 7) is 3.59. The van der Waals surface area contributed by atoms with Gasteiger partial charge in [0, 0.05) is 38.7 Å². The summed E-state index contributed by atoms with van der Waals surface area (Å²) in [6.07, 6.45) is 1.97. The number of nitro benzene ring substituents is 1. The molecule has 1 aliphatic heterocycles. The van der Waals surface area contributed by atoms with Crippen molar-refractivity contribution in [2.24, 2.45) is 5.92 Å². The molecule has 0 spiro atoms. The van der Waals surface area contributed by atoms with Crippen molar-refractivity contribution in [1.29, 1.82) is 0 Å². The molecule has 22 heavy (non-hydrogen) atoms. The number of amides is 1. The molecule has 2 rings (SSSR count). The van der Waals surface area contributed by atoms with E-state index in [-0.39, 0.29) is 21.6 Å². The second-order valence-corrected chi connectivity index (χ2v) is 6.22. The van der Waals surface area contributed by atoms with Crippen molar-refractivity contribution in [1.82, 2.24) is 5.32 Å². The summed E-state index contributed by atoms with van der Waals surface area (Å²) < 4.78 is 0. The van der Waals surface area contributed by atoms with Crippen molar-refractivity contribution in [3.05, 3.63) is 32.3 Å². The molecule has 1 aromatic carbocycles. The molecular weight excluding hydrogens is 329 g/mol. The van der Waals surface area contributed by atoms with Crippen LogP contribution in [0.25, 0.3) is 0 Å². The smallest absolute Gasteiger partial charge is 0.272 e. The number of carbonyl (C=O) groups excluding carboxylic acids is 1. The number of hydrogen-bond acceptors (Lipinski definition) is 4. The van der Waals surface area contributed by atoms with E-state index in [9.17, 15) is 14.9 Å². The van der Waals surface area contributed by atoms with Crippen LogP contribution >= 0.6 is 23.2 Å². The van der Waals surface area contributed by atoms with E-state index in [2.05, 4.69) is 5.32 Å². The third-order valence-electron chi connectivity index (χ3n) is 3.69. The van der Waals surface area contributed by atoms with Crippen LogP contribution in [0.15, 0.2) is 12.1 Å². The summed E-state index contributed by atoms with van der Waals surface area (Å²) in [5.74, 6) is 0.253. The average molecular weight is 346 g/mol. The molecule has 1 N–H and O–H groups in total. The monoisotopic (exact) mass is 345 g/mol. The van der Waals surface area contributed by atoms with Gasteiger partial charge in [0.1, 0.15) is 0 Å². The van der Waals surface area contributed by atoms with Crippen LogP contribution in [0.2, 0.25) is 10.0 Å². The predicted molar refractivity (Wildman–Crippen MR) is 86.7 cm³/mol. The summed E-state index contributed by atoms with van der Waals surface area (Å²) in [4.78, 5) is 23.4. The van der Waals surface area contributed by atoms with E-state index in [1.807, 2.05) is 4.90 Å². The van der Waals surface area contributed by atoms with Crippen molar-refractivity contribution in [2.75, 3.05) is 24.5 Å². The van der Waals surface area contributed by atoms with Crippen LogP contribution < -0.4 is 10.2 Å². The van der Waals surface area contributed by atoms with Crippen molar-refractivity contribution >= 4 is 40.5 Å². The number of hydrogen-bond donors (Lipinski definition) is 1. The van der Waals surface area contributed by atoms with Crippen LogP contribution in [0.3, 0.4) is 0 Å². The summed E-state index contributed by atoms with van der Waals surface area (Å²) in [6, 6.07) is 2.64. The van der Waals surface area contributed by atoms with Crippen LogP contribution in [0.4, 0.5) is 11.4 Å². The molecule has 0 bridgehead atoms. The maximum atomic E-state index is 11.0. The van der Waals surface area contributed by atoms with Gasteiger partial charge in [-0.15, -0.1) is 0 Å². The molecule has 8 heteroatoms. The predicted octanol–water partition coefficient (Wildman–Crippen LogP) is 3.25. The third-order valence-corrected chi connectivity index (χ3v) is 4.26. The van der Waals surface area contributed by atoms with Gasteiger partial charge in [0.25, 0.3) is 5.69 Å². The van der Waals surface area contributed by atoms with Gasteiger partial charge in [-0.25, -0.2) is 0 Å². The quantitative estimate of drug-likeness (QED) is 0.671. The highest BCUT2D eigenvalue weighted by molar-refractivity contribution is 6.39. The molecule has 1 fully saturated rings. The van der Waals surface area contributed by atoms with Gasteiger partial charge in [-0.1, -0.05) is 23.2 Å². The zero-order chi connectivity index (χ0) is 16.3. The van der Waals surface area contributed by atoms with Crippen LogP contribution in [0.5, 0.6) is 0 Å². The van der Waals surface area contributed by atoms with Gasteiger partial charge in [-0.05, 0) is 18.8 Å². The van der Waals surface area contributed by atoms with Crippen LogP contribution in [0.1, 0.15) is 19.8 Å². The molecule has 1 amide bonds. The molecule has 0 saturated carbocycles. The van der Waals surface area contributed by atoms with Crippen molar-refractivity contribution in [3.63, 3.8) is 0 Å². The Balaban J connectivity index is 2.17. The van der Waals surface area contributed by atoms with Gasteiger partial charge in [0.05, 0.1) is 20.7 Å². The molecule has 0 aromatic heterocycles. The Morgan fingerprint density at radius 3 is 2.64 bits per heavy atom. The number of carbonyl (C=O) groups is 1. The summed E-state index contributed by atoms with van der Waals surface area (Å²) >= 11 is 12.4. The van der Waals surface area contributed by atoms with E-state index in [0.29, 0.717) is 24.7 Å². The molecule has 1 heterocycles. The normalized spacial score (nSPS) is 18.1. The number of halogens is 2. The molecule has 1 saturated heterocycles. The molecule has 1 aromatic rings. The largest absolute Gasteiger partial charge is 0.369 e. The fourth-order valence-corrected chi connectivity index (χ4v) is 3.40. The SMILES string of the molecule is CC(=O)NCC1CCCN(c2c(Cl)cc([N+](=O)[O-])cc2Cl)C1. The highest BCUT2D eigenvalue weighted by Crippen LogP contribution is 2.39. The van der Waals surface area contributed by atoms with Crippen LogP contribution in [-0.4, -0.2) is 30.5 Å². The number of benzene rings is 1. The molecule has 120 valence electrons. The first-order valence-electron chi connectivity index (χ1n) is 7.01. The lowest BCUT2D eigenvalue weighted by atomic mass is 9.97. The molecule has 0 radical (unpaired) electrons. The Hall–Kier alpha value is -1.53. The molecule has 6 nitrogen and oxygen atoms in total. The van der Waals surface area contributed by atoms with Gasteiger partial charge in [0.15, 0.2) is 0 Å². The lowest BCUT2D eigenvalue weighted by Gasteiger charge is -2.35. The Morgan fingerprint density at radius 2 is 2.09 bits per heavy atom. The van der Waals surface area contributed by atoms with E-state index in [1.165, 1.54) is 19.1 Å². The second-order valence-electron chi connectivity index (χ2n) is 5.41. The van der Waals surface area contributed by atoms with Gasteiger partial charge < -0.3 is 10.2 Å². The molecule has 1 atom stereocenters. The number of piperidine rings is 1. The van der Waals surface area contributed by atoms with Gasteiger partial charge in [-0.2, -0.15) is 0 Å². The van der Waals surface area contributed by atoms with Gasteiger partial charge >= 0.3 is 0 Å². The average Bonchev–Trinajstić information content (AvgIpc) is 2.44. The standard InChI is InChI=1S/C14H17Cl2N3O3/c1-9(20)17-7-10-3-2-4-18(8-10)14-12(15)5-11(19(21)22)6-13(14)16/h5-6,10H,2-4,7-8H2,1H3,(H,17,20). The van der Waals surface area contributed by atoms with E-state index in [4.69, 9.17) is 23.2 Å². The minimum absolute atomic E-state index is 0.0523. The minimum Gasteiger partial charge on any atom is -0.369 e. The third kappa shape index (κ3) is 4.01. The number of anilines is 1. The molecule has 1 unspecified atom stereocenters. The van der Waals surface area contributed by atoms with Crippen molar-refractivity contribution in [3.8, 4) is 0 Å². The molecule has 1 aliphatic rings. The number of nitro groups is 1. The Kier molecular flexibility index (Phi) is 5.47.